The van der Waals surface area contributed by atoms with E-state index in [1.807, 2.05) is 24.3 Å². The topological polar surface area (TPSA) is 50.4 Å². The maximum atomic E-state index is 11.9. The van der Waals surface area contributed by atoms with Crippen LogP contribution in [0.15, 0.2) is 42.5 Å². The van der Waals surface area contributed by atoms with E-state index in [-0.39, 0.29) is 12.5 Å². The smallest absolute Gasteiger partial charge is 0.238 e. The molecule has 2 aromatic carbocycles. The molecule has 0 saturated carbocycles. The number of amides is 1. The molecule has 0 fully saturated rings. The number of anilines is 1. The van der Waals surface area contributed by atoms with Crippen LogP contribution in [0.5, 0.6) is 5.75 Å². The van der Waals surface area contributed by atoms with Crippen molar-refractivity contribution in [2.24, 2.45) is 0 Å². The van der Waals surface area contributed by atoms with Crippen molar-refractivity contribution >= 4 is 34.8 Å². The van der Waals surface area contributed by atoms with E-state index in [2.05, 4.69) is 10.6 Å². The van der Waals surface area contributed by atoms with Gasteiger partial charge < -0.3 is 15.4 Å². The van der Waals surface area contributed by atoms with Gasteiger partial charge in [0.2, 0.25) is 5.91 Å². The number of rotatable bonds is 7. The molecule has 0 radical (unpaired) electrons. The fourth-order valence-corrected chi connectivity index (χ4v) is 2.55. The van der Waals surface area contributed by atoms with Gasteiger partial charge in [-0.05, 0) is 48.9 Å². The predicted molar refractivity (Wildman–Crippen MR) is 94.7 cm³/mol. The first-order valence-electron chi connectivity index (χ1n) is 7.17. The number of ether oxygens (including phenoxy) is 1. The lowest BCUT2D eigenvalue weighted by Crippen LogP contribution is -2.29. The molecule has 0 spiro atoms. The number of hydrogen-bond acceptors (Lipinski definition) is 3. The second-order valence-corrected chi connectivity index (χ2v) is 5.80. The zero-order valence-electron chi connectivity index (χ0n) is 12.7. The van der Waals surface area contributed by atoms with E-state index in [9.17, 15) is 4.79 Å². The number of carbonyl (C=O) groups excluding carboxylic acids is 1. The SMILES string of the molecule is COc1ccc(NC(=O)CNCCc2cccc(Cl)c2)cc1Cl. The highest BCUT2D eigenvalue weighted by Crippen LogP contribution is 2.27. The van der Waals surface area contributed by atoms with Crippen LogP contribution in [0.3, 0.4) is 0 Å². The summed E-state index contributed by atoms with van der Waals surface area (Å²) in [4.78, 5) is 11.9. The number of halogens is 2. The number of benzene rings is 2. The van der Waals surface area contributed by atoms with Gasteiger partial charge in [-0.25, -0.2) is 0 Å². The summed E-state index contributed by atoms with van der Waals surface area (Å²) in [6, 6.07) is 12.8. The molecule has 2 rings (SSSR count). The molecule has 1 amide bonds. The quantitative estimate of drug-likeness (QED) is 0.745. The molecular weight excluding hydrogens is 335 g/mol. The van der Waals surface area contributed by atoms with Crippen LogP contribution in [0, 0.1) is 0 Å². The number of nitrogens with one attached hydrogen (secondary N) is 2. The molecule has 0 aliphatic rings. The van der Waals surface area contributed by atoms with Crippen LogP contribution < -0.4 is 15.4 Å². The predicted octanol–water partition coefficient (Wildman–Crippen LogP) is 3.77. The summed E-state index contributed by atoms with van der Waals surface area (Å²) in [6.07, 6.45) is 0.808. The van der Waals surface area contributed by atoms with E-state index >= 15 is 0 Å². The summed E-state index contributed by atoms with van der Waals surface area (Å²) >= 11 is 11.9. The Hall–Kier alpha value is -1.75. The second-order valence-electron chi connectivity index (χ2n) is 4.95. The van der Waals surface area contributed by atoms with Gasteiger partial charge in [0.15, 0.2) is 0 Å². The van der Waals surface area contributed by atoms with E-state index in [1.165, 1.54) is 0 Å². The van der Waals surface area contributed by atoms with E-state index in [0.29, 0.717) is 23.0 Å². The average Bonchev–Trinajstić information content (AvgIpc) is 2.52. The Kier molecular flexibility index (Phi) is 6.71. The highest BCUT2D eigenvalue weighted by Gasteiger charge is 2.05. The fourth-order valence-electron chi connectivity index (χ4n) is 2.08. The van der Waals surface area contributed by atoms with Gasteiger partial charge in [-0.2, -0.15) is 0 Å². The first kappa shape index (κ1) is 17.6. The minimum atomic E-state index is -0.127. The zero-order valence-corrected chi connectivity index (χ0v) is 14.2. The van der Waals surface area contributed by atoms with Gasteiger partial charge in [0, 0.05) is 10.7 Å². The largest absolute Gasteiger partial charge is 0.495 e. The molecule has 0 bridgehead atoms. The first-order chi connectivity index (χ1) is 11.1. The highest BCUT2D eigenvalue weighted by molar-refractivity contribution is 6.32. The monoisotopic (exact) mass is 352 g/mol. The third kappa shape index (κ3) is 5.75. The number of methoxy groups -OCH3 is 1. The van der Waals surface area contributed by atoms with Gasteiger partial charge in [0.1, 0.15) is 5.75 Å². The third-order valence-electron chi connectivity index (χ3n) is 3.20. The summed E-state index contributed by atoms with van der Waals surface area (Å²) in [6.45, 7) is 0.918. The van der Waals surface area contributed by atoms with Gasteiger partial charge in [-0.3, -0.25) is 4.79 Å². The van der Waals surface area contributed by atoms with Crippen molar-refractivity contribution in [3.63, 3.8) is 0 Å². The number of hydrogen-bond donors (Lipinski definition) is 2. The van der Waals surface area contributed by atoms with Crippen molar-refractivity contribution in [3.05, 3.63) is 58.1 Å². The van der Waals surface area contributed by atoms with E-state index < -0.39 is 0 Å². The standard InChI is InChI=1S/C17H18Cl2N2O2/c1-23-16-6-5-14(10-15(16)19)21-17(22)11-20-8-7-12-3-2-4-13(18)9-12/h2-6,9-10,20H,7-8,11H2,1H3,(H,21,22). The van der Waals surface area contributed by atoms with Gasteiger partial charge in [-0.15, -0.1) is 0 Å². The summed E-state index contributed by atoms with van der Waals surface area (Å²) in [7, 11) is 1.54. The van der Waals surface area contributed by atoms with Gasteiger partial charge in [0.05, 0.1) is 18.7 Å². The van der Waals surface area contributed by atoms with Gasteiger partial charge in [-0.1, -0.05) is 35.3 Å². The van der Waals surface area contributed by atoms with Crippen LogP contribution in [-0.4, -0.2) is 26.1 Å². The summed E-state index contributed by atoms with van der Waals surface area (Å²) in [5, 5.41) is 7.05. The minimum Gasteiger partial charge on any atom is -0.495 e. The van der Waals surface area contributed by atoms with Crippen molar-refractivity contribution in [1.82, 2.24) is 5.32 Å². The lowest BCUT2D eigenvalue weighted by atomic mass is 10.1. The normalized spacial score (nSPS) is 10.4. The molecule has 23 heavy (non-hydrogen) atoms. The molecule has 6 heteroatoms. The lowest BCUT2D eigenvalue weighted by molar-refractivity contribution is -0.115. The molecule has 0 saturated heterocycles. The van der Waals surface area contributed by atoms with Crippen molar-refractivity contribution in [2.75, 3.05) is 25.5 Å². The third-order valence-corrected chi connectivity index (χ3v) is 3.73. The van der Waals surface area contributed by atoms with Crippen molar-refractivity contribution in [1.29, 1.82) is 0 Å². The molecule has 0 aromatic heterocycles. The Labute approximate surface area is 145 Å². The molecule has 122 valence electrons. The Morgan fingerprint density at radius 3 is 2.70 bits per heavy atom. The lowest BCUT2D eigenvalue weighted by Gasteiger charge is -2.09. The Balaban J connectivity index is 1.74. The summed E-state index contributed by atoms with van der Waals surface area (Å²) < 4.78 is 5.07. The fraction of sp³-hybridized carbons (Fsp3) is 0.235. The van der Waals surface area contributed by atoms with Crippen molar-refractivity contribution in [2.45, 2.75) is 6.42 Å². The molecule has 2 aromatic rings. The number of carbonyl (C=O) groups is 1. The average molecular weight is 353 g/mol. The molecular formula is C17H18Cl2N2O2. The van der Waals surface area contributed by atoms with E-state index in [1.54, 1.807) is 25.3 Å². The highest BCUT2D eigenvalue weighted by atomic mass is 35.5. The molecule has 4 nitrogen and oxygen atoms in total. The van der Waals surface area contributed by atoms with Crippen molar-refractivity contribution < 1.29 is 9.53 Å². The molecule has 0 unspecified atom stereocenters. The molecule has 0 aliphatic heterocycles. The van der Waals surface area contributed by atoms with E-state index in [0.717, 1.165) is 17.0 Å². The molecule has 0 atom stereocenters. The van der Waals surface area contributed by atoms with Gasteiger partial charge >= 0.3 is 0 Å². The zero-order chi connectivity index (χ0) is 16.7. The molecule has 2 N–H and O–H groups in total. The van der Waals surface area contributed by atoms with Crippen LogP contribution in [0.1, 0.15) is 5.56 Å². The van der Waals surface area contributed by atoms with Crippen molar-refractivity contribution in [3.8, 4) is 5.75 Å². The van der Waals surface area contributed by atoms with Gasteiger partial charge in [0.25, 0.3) is 0 Å². The second kappa shape index (κ2) is 8.77. The minimum absolute atomic E-state index is 0.127. The molecule has 0 aliphatic carbocycles. The van der Waals surface area contributed by atoms with Crippen LogP contribution >= 0.6 is 23.2 Å². The Morgan fingerprint density at radius 2 is 2.00 bits per heavy atom. The summed E-state index contributed by atoms with van der Waals surface area (Å²) in [5.74, 6) is 0.446. The Bertz CT molecular complexity index is 677. The summed E-state index contributed by atoms with van der Waals surface area (Å²) in [5.41, 5.74) is 1.77. The van der Waals surface area contributed by atoms with Crippen LogP contribution in [-0.2, 0) is 11.2 Å². The van der Waals surface area contributed by atoms with Crippen LogP contribution in [0.25, 0.3) is 0 Å². The maximum Gasteiger partial charge on any atom is 0.238 e. The Morgan fingerprint density at radius 1 is 1.17 bits per heavy atom. The molecule has 0 heterocycles. The van der Waals surface area contributed by atoms with E-state index in [4.69, 9.17) is 27.9 Å². The maximum absolute atomic E-state index is 11.9. The first-order valence-corrected chi connectivity index (χ1v) is 7.92. The van der Waals surface area contributed by atoms with Crippen LogP contribution in [0.4, 0.5) is 5.69 Å². The van der Waals surface area contributed by atoms with Crippen LogP contribution in [0.2, 0.25) is 10.0 Å².